The second kappa shape index (κ2) is 5.11. The summed E-state index contributed by atoms with van der Waals surface area (Å²) >= 11 is 0. The summed E-state index contributed by atoms with van der Waals surface area (Å²) in [6, 6.07) is 2.79. The molecule has 5 nitrogen and oxygen atoms in total. The van der Waals surface area contributed by atoms with E-state index in [1.165, 1.54) is 10.9 Å². The summed E-state index contributed by atoms with van der Waals surface area (Å²) in [4.78, 5) is 14.1. The molecular formula is C14H12F3N3O2. The predicted octanol–water partition coefficient (Wildman–Crippen LogP) is 3.68. The number of nitrogens with zero attached hydrogens (tertiary/aromatic N) is 3. The molecule has 0 amide bonds. The van der Waals surface area contributed by atoms with Gasteiger partial charge in [-0.15, -0.1) is 0 Å². The van der Waals surface area contributed by atoms with E-state index in [1.54, 1.807) is 0 Å². The van der Waals surface area contributed by atoms with Gasteiger partial charge in [-0.2, -0.15) is 13.2 Å². The van der Waals surface area contributed by atoms with E-state index in [2.05, 4.69) is 4.98 Å². The lowest BCUT2D eigenvalue weighted by Crippen LogP contribution is -2.14. The monoisotopic (exact) mass is 311 g/mol. The van der Waals surface area contributed by atoms with E-state index in [0.717, 1.165) is 42.8 Å². The van der Waals surface area contributed by atoms with Gasteiger partial charge in [-0.05, 0) is 31.7 Å². The molecule has 116 valence electrons. The van der Waals surface area contributed by atoms with Gasteiger partial charge < -0.3 is 4.57 Å². The number of hydrogen-bond acceptors (Lipinski definition) is 3. The number of nitro benzene ring substituents is 1. The number of non-ortho nitro benzene ring substituents is 1. The lowest BCUT2D eigenvalue weighted by Gasteiger charge is -2.17. The Bertz CT molecular complexity index is 737. The van der Waals surface area contributed by atoms with Crippen LogP contribution in [-0.2, 0) is 19.0 Å². The Morgan fingerprint density at radius 2 is 1.95 bits per heavy atom. The maximum atomic E-state index is 13.3. The Balaban J connectivity index is 2.18. The summed E-state index contributed by atoms with van der Waals surface area (Å²) in [6.45, 7) is 0. The number of benzene rings is 1. The Labute approximate surface area is 123 Å². The molecule has 1 aliphatic carbocycles. The van der Waals surface area contributed by atoms with Crippen molar-refractivity contribution in [2.45, 2.75) is 31.9 Å². The molecule has 0 spiro atoms. The number of halogens is 3. The van der Waals surface area contributed by atoms with Crippen LogP contribution in [0.5, 0.6) is 0 Å². The van der Waals surface area contributed by atoms with Crippen LogP contribution >= 0.6 is 0 Å². The van der Waals surface area contributed by atoms with Crippen LogP contribution in [0.2, 0.25) is 0 Å². The van der Waals surface area contributed by atoms with E-state index < -0.39 is 22.4 Å². The van der Waals surface area contributed by atoms with E-state index in [-0.39, 0.29) is 5.69 Å². The average molecular weight is 311 g/mol. The van der Waals surface area contributed by atoms with Gasteiger partial charge in [0.05, 0.1) is 28.2 Å². The number of aryl methyl sites for hydroxylation is 1. The maximum absolute atomic E-state index is 13.3. The highest BCUT2D eigenvalue weighted by Crippen LogP contribution is 2.37. The molecule has 0 atom stereocenters. The number of aromatic nitrogens is 2. The zero-order chi connectivity index (χ0) is 15.9. The number of rotatable bonds is 2. The minimum atomic E-state index is -4.67. The number of imidazole rings is 1. The number of alkyl halides is 3. The molecule has 0 unspecified atom stereocenters. The van der Waals surface area contributed by atoms with Gasteiger partial charge in [0.25, 0.3) is 5.69 Å². The normalized spacial score (nSPS) is 14.7. The summed E-state index contributed by atoms with van der Waals surface area (Å²) in [5.41, 5.74) is -0.158. The van der Waals surface area contributed by atoms with E-state index in [0.29, 0.717) is 12.5 Å². The second-order valence-electron chi connectivity index (χ2n) is 5.17. The SMILES string of the molecule is O=[N+]([O-])c1ccc(-n2cnc3c2CCCC3)c(C(F)(F)F)c1. The van der Waals surface area contributed by atoms with Crippen molar-refractivity contribution in [2.75, 3.05) is 0 Å². The molecule has 8 heteroatoms. The van der Waals surface area contributed by atoms with Crippen molar-refractivity contribution in [3.8, 4) is 5.69 Å². The molecule has 0 bridgehead atoms. The van der Waals surface area contributed by atoms with Crippen LogP contribution in [-0.4, -0.2) is 14.5 Å². The van der Waals surface area contributed by atoms with Crippen LogP contribution in [0.25, 0.3) is 5.69 Å². The Hall–Kier alpha value is -2.38. The number of fused-ring (bicyclic) bond motifs is 1. The van der Waals surface area contributed by atoms with Gasteiger partial charge in [0.1, 0.15) is 0 Å². The topological polar surface area (TPSA) is 61.0 Å². The fourth-order valence-electron chi connectivity index (χ4n) is 2.75. The number of nitro groups is 1. The number of hydrogen-bond donors (Lipinski definition) is 0. The van der Waals surface area contributed by atoms with Gasteiger partial charge in [0.2, 0.25) is 0 Å². The van der Waals surface area contributed by atoms with E-state index in [1.807, 2.05) is 0 Å². The van der Waals surface area contributed by atoms with Gasteiger partial charge in [-0.1, -0.05) is 0 Å². The molecule has 1 aromatic carbocycles. The van der Waals surface area contributed by atoms with Gasteiger partial charge >= 0.3 is 6.18 Å². The molecule has 0 fully saturated rings. The summed E-state index contributed by atoms with van der Waals surface area (Å²) < 4.78 is 41.2. The summed E-state index contributed by atoms with van der Waals surface area (Å²) in [5.74, 6) is 0. The van der Waals surface area contributed by atoms with Crippen molar-refractivity contribution < 1.29 is 18.1 Å². The summed E-state index contributed by atoms with van der Waals surface area (Å²) in [7, 11) is 0. The van der Waals surface area contributed by atoms with Crippen LogP contribution in [0.1, 0.15) is 29.8 Å². The first kappa shape index (κ1) is 14.6. The van der Waals surface area contributed by atoms with Gasteiger partial charge in [0.15, 0.2) is 0 Å². The first-order valence-corrected chi connectivity index (χ1v) is 6.79. The van der Waals surface area contributed by atoms with Gasteiger partial charge in [0, 0.05) is 17.8 Å². The zero-order valence-electron chi connectivity index (χ0n) is 11.4. The smallest absolute Gasteiger partial charge is 0.302 e. The van der Waals surface area contributed by atoms with Crippen molar-refractivity contribution >= 4 is 5.69 Å². The molecule has 0 N–H and O–H groups in total. The molecule has 2 aromatic rings. The van der Waals surface area contributed by atoms with E-state index >= 15 is 0 Å². The maximum Gasteiger partial charge on any atom is 0.418 e. The van der Waals surface area contributed by atoms with E-state index in [9.17, 15) is 23.3 Å². The lowest BCUT2D eigenvalue weighted by molar-refractivity contribution is -0.385. The Morgan fingerprint density at radius 3 is 2.64 bits per heavy atom. The highest BCUT2D eigenvalue weighted by Gasteiger charge is 2.36. The molecule has 0 aliphatic heterocycles. The van der Waals surface area contributed by atoms with Crippen LogP contribution in [0.15, 0.2) is 24.5 Å². The minimum absolute atomic E-state index is 0.117. The molecule has 0 saturated carbocycles. The van der Waals surface area contributed by atoms with Crippen molar-refractivity contribution in [3.05, 3.63) is 51.6 Å². The van der Waals surface area contributed by atoms with Crippen molar-refractivity contribution in [2.24, 2.45) is 0 Å². The minimum Gasteiger partial charge on any atom is -0.302 e. The fourth-order valence-corrected chi connectivity index (χ4v) is 2.75. The highest BCUT2D eigenvalue weighted by atomic mass is 19.4. The third-order valence-electron chi connectivity index (χ3n) is 3.79. The molecule has 1 aliphatic rings. The quantitative estimate of drug-likeness (QED) is 0.628. The Morgan fingerprint density at radius 1 is 1.23 bits per heavy atom. The lowest BCUT2D eigenvalue weighted by atomic mass is 10.0. The van der Waals surface area contributed by atoms with Crippen molar-refractivity contribution in [1.82, 2.24) is 9.55 Å². The summed E-state index contributed by atoms with van der Waals surface area (Å²) in [6.07, 6.45) is -0.0384. The second-order valence-corrected chi connectivity index (χ2v) is 5.17. The van der Waals surface area contributed by atoms with Crippen molar-refractivity contribution in [1.29, 1.82) is 0 Å². The Kier molecular flexibility index (Phi) is 3.38. The molecule has 3 rings (SSSR count). The standard InChI is InChI=1S/C14H12F3N3O2/c15-14(16,17)10-7-9(20(21)22)5-6-12(10)19-8-18-11-3-1-2-4-13(11)19/h5-8H,1-4H2. The van der Waals surface area contributed by atoms with Crippen LogP contribution in [0.3, 0.4) is 0 Å². The highest BCUT2D eigenvalue weighted by molar-refractivity contribution is 5.51. The van der Waals surface area contributed by atoms with Crippen molar-refractivity contribution in [3.63, 3.8) is 0 Å². The average Bonchev–Trinajstić information content (AvgIpc) is 2.89. The van der Waals surface area contributed by atoms with Crippen LogP contribution in [0, 0.1) is 10.1 Å². The van der Waals surface area contributed by atoms with Gasteiger partial charge in [-0.3, -0.25) is 10.1 Å². The first-order chi connectivity index (χ1) is 10.4. The fraction of sp³-hybridized carbons (Fsp3) is 0.357. The molecule has 0 saturated heterocycles. The predicted molar refractivity (Wildman–Crippen MR) is 71.9 cm³/mol. The van der Waals surface area contributed by atoms with Crippen LogP contribution in [0.4, 0.5) is 18.9 Å². The van der Waals surface area contributed by atoms with Crippen LogP contribution < -0.4 is 0 Å². The third-order valence-corrected chi connectivity index (χ3v) is 3.79. The van der Waals surface area contributed by atoms with Gasteiger partial charge in [-0.25, -0.2) is 4.98 Å². The molecular weight excluding hydrogens is 299 g/mol. The molecule has 1 aromatic heterocycles. The summed E-state index contributed by atoms with van der Waals surface area (Å²) in [5, 5.41) is 10.7. The molecule has 0 radical (unpaired) electrons. The molecule has 1 heterocycles. The zero-order valence-corrected chi connectivity index (χ0v) is 11.4. The third kappa shape index (κ3) is 2.44. The first-order valence-electron chi connectivity index (χ1n) is 6.79. The molecule has 22 heavy (non-hydrogen) atoms. The van der Waals surface area contributed by atoms with E-state index in [4.69, 9.17) is 0 Å². The largest absolute Gasteiger partial charge is 0.418 e.